The monoisotopic (exact) mass is 220 g/mol. The van der Waals surface area contributed by atoms with Crippen LogP contribution in [-0.2, 0) is 9.53 Å². The molecule has 0 aliphatic heterocycles. The van der Waals surface area contributed by atoms with Crippen LogP contribution in [0.5, 0.6) is 0 Å². The SMILES string of the molecule is COCC(NC(=O)N(C)CCO)C(=O)O. The molecule has 0 fully saturated rings. The number of carbonyl (C=O) groups excluding carboxylic acids is 1. The first-order chi connectivity index (χ1) is 7.02. The number of nitrogens with zero attached hydrogens (tertiary/aromatic N) is 1. The van der Waals surface area contributed by atoms with E-state index < -0.39 is 18.0 Å². The molecule has 7 heteroatoms. The highest BCUT2D eigenvalue weighted by molar-refractivity contribution is 5.82. The number of aliphatic hydroxyl groups is 1. The van der Waals surface area contributed by atoms with E-state index in [1.807, 2.05) is 0 Å². The van der Waals surface area contributed by atoms with E-state index in [1.54, 1.807) is 0 Å². The lowest BCUT2D eigenvalue weighted by Crippen LogP contribution is -2.49. The fourth-order valence-electron chi connectivity index (χ4n) is 0.852. The lowest BCUT2D eigenvalue weighted by molar-refractivity contribution is -0.140. The Morgan fingerprint density at radius 2 is 2.13 bits per heavy atom. The molecule has 88 valence electrons. The largest absolute Gasteiger partial charge is 0.480 e. The normalized spacial score (nSPS) is 11.9. The molecule has 15 heavy (non-hydrogen) atoms. The quantitative estimate of drug-likeness (QED) is 0.518. The van der Waals surface area contributed by atoms with Gasteiger partial charge < -0.3 is 25.2 Å². The van der Waals surface area contributed by atoms with E-state index in [1.165, 1.54) is 19.1 Å². The Bertz CT molecular complexity index is 221. The number of carbonyl (C=O) groups is 2. The maximum atomic E-state index is 11.3. The first-order valence-electron chi connectivity index (χ1n) is 4.37. The van der Waals surface area contributed by atoms with Gasteiger partial charge in [0.1, 0.15) is 0 Å². The van der Waals surface area contributed by atoms with Crippen LogP contribution in [0.25, 0.3) is 0 Å². The molecule has 7 nitrogen and oxygen atoms in total. The number of ether oxygens (including phenoxy) is 1. The fraction of sp³-hybridized carbons (Fsp3) is 0.750. The molecule has 3 N–H and O–H groups in total. The number of hydrogen-bond donors (Lipinski definition) is 3. The predicted molar refractivity (Wildman–Crippen MR) is 51.5 cm³/mol. The number of rotatable bonds is 6. The van der Waals surface area contributed by atoms with Crippen LogP contribution in [0.4, 0.5) is 4.79 Å². The highest BCUT2D eigenvalue weighted by atomic mass is 16.5. The van der Waals surface area contributed by atoms with Gasteiger partial charge in [0, 0.05) is 20.7 Å². The molecule has 0 radical (unpaired) electrons. The summed E-state index contributed by atoms with van der Waals surface area (Å²) >= 11 is 0. The molecular weight excluding hydrogens is 204 g/mol. The van der Waals surface area contributed by atoms with E-state index in [9.17, 15) is 9.59 Å². The van der Waals surface area contributed by atoms with Crippen molar-refractivity contribution < 1.29 is 24.5 Å². The summed E-state index contributed by atoms with van der Waals surface area (Å²) in [5, 5.41) is 19.5. The van der Waals surface area contributed by atoms with Crippen LogP contribution in [0.15, 0.2) is 0 Å². The maximum absolute atomic E-state index is 11.3. The Morgan fingerprint density at radius 3 is 2.53 bits per heavy atom. The molecule has 0 aliphatic rings. The van der Waals surface area contributed by atoms with E-state index in [2.05, 4.69) is 10.1 Å². The van der Waals surface area contributed by atoms with E-state index in [-0.39, 0.29) is 19.8 Å². The standard InChI is InChI=1S/C8H16N2O5/c1-10(3-4-11)8(14)9-6(5-15-2)7(12)13/h6,11H,3-5H2,1-2H3,(H,9,14)(H,12,13). The van der Waals surface area contributed by atoms with Crippen molar-refractivity contribution in [2.75, 3.05) is 33.9 Å². The van der Waals surface area contributed by atoms with E-state index in [0.29, 0.717) is 0 Å². The highest BCUT2D eigenvalue weighted by Crippen LogP contribution is 1.90. The van der Waals surface area contributed by atoms with Crippen LogP contribution >= 0.6 is 0 Å². The smallest absolute Gasteiger partial charge is 0.328 e. The van der Waals surface area contributed by atoms with Crippen LogP contribution in [0, 0.1) is 0 Å². The second-order valence-electron chi connectivity index (χ2n) is 2.94. The van der Waals surface area contributed by atoms with Crippen molar-refractivity contribution in [2.24, 2.45) is 0 Å². The summed E-state index contributed by atoms with van der Waals surface area (Å²) < 4.78 is 4.64. The van der Waals surface area contributed by atoms with Gasteiger partial charge in [-0.15, -0.1) is 0 Å². The van der Waals surface area contributed by atoms with E-state index in [4.69, 9.17) is 10.2 Å². The first-order valence-corrected chi connectivity index (χ1v) is 4.37. The zero-order valence-electron chi connectivity index (χ0n) is 8.77. The Balaban J connectivity index is 4.15. The van der Waals surface area contributed by atoms with Crippen molar-refractivity contribution in [1.29, 1.82) is 0 Å². The van der Waals surface area contributed by atoms with Gasteiger partial charge in [0.15, 0.2) is 6.04 Å². The maximum Gasteiger partial charge on any atom is 0.328 e. The lowest BCUT2D eigenvalue weighted by Gasteiger charge is -2.20. The molecule has 0 heterocycles. The van der Waals surface area contributed by atoms with Crippen LogP contribution in [0.2, 0.25) is 0 Å². The molecule has 0 saturated heterocycles. The van der Waals surface area contributed by atoms with Crippen molar-refractivity contribution in [3.63, 3.8) is 0 Å². The molecule has 0 spiro atoms. The number of carboxylic acid groups (broad SMARTS) is 1. The third-order valence-corrected chi connectivity index (χ3v) is 1.71. The zero-order valence-corrected chi connectivity index (χ0v) is 8.77. The molecule has 0 saturated carbocycles. The number of aliphatic hydroxyl groups excluding tert-OH is 1. The number of amides is 2. The van der Waals surface area contributed by atoms with Gasteiger partial charge >= 0.3 is 12.0 Å². The fourth-order valence-corrected chi connectivity index (χ4v) is 0.852. The summed E-state index contributed by atoms with van der Waals surface area (Å²) in [6.07, 6.45) is 0. The average molecular weight is 220 g/mol. The summed E-state index contributed by atoms with van der Waals surface area (Å²) in [5.74, 6) is -1.16. The summed E-state index contributed by atoms with van der Waals surface area (Å²) in [6.45, 7) is -0.134. The molecule has 0 aromatic carbocycles. The molecule has 0 aliphatic carbocycles. The molecule has 2 amide bonds. The molecule has 1 unspecified atom stereocenters. The number of methoxy groups -OCH3 is 1. The number of aliphatic carboxylic acids is 1. The van der Waals surface area contributed by atoms with Crippen LogP contribution in [0.1, 0.15) is 0 Å². The van der Waals surface area contributed by atoms with Gasteiger partial charge in [-0.3, -0.25) is 0 Å². The number of urea groups is 1. The van der Waals surface area contributed by atoms with Gasteiger partial charge in [-0.1, -0.05) is 0 Å². The second-order valence-corrected chi connectivity index (χ2v) is 2.94. The Hall–Kier alpha value is -1.34. The second kappa shape index (κ2) is 7.02. The third-order valence-electron chi connectivity index (χ3n) is 1.71. The Labute approximate surface area is 87.6 Å². The first kappa shape index (κ1) is 13.7. The predicted octanol–water partition coefficient (Wildman–Crippen LogP) is -1.28. The molecule has 1 atom stereocenters. The van der Waals surface area contributed by atoms with Gasteiger partial charge in [0.2, 0.25) is 0 Å². The van der Waals surface area contributed by atoms with Gasteiger partial charge in [0.05, 0.1) is 13.2 Å². The number of hydrogen-bond acceptors (Lipinski definition) is 4. The average Bonchev–Trinajstić information content (AvgIpc) is 2.17. The van der Waals surface area contributed by atoms with Crippen LogP contribution < -0.4 is 5.32 Å². The van der Waals surface area contributed by atoms with Gasteiger partial charge in [-0.2, -0.15) is 0 Å². The van der Waals surface area contributed by atoms with Crippen molar-refractivity contribution in [3.05, 3.63) is 0 Å². The minimum absolute atomic E-state index is 0.103. The van der Waals surface area contributed by atoms with E-state index >= 15 is 0 Å². The number of likely N-dealkylation sites (N-methyl/N-ethyl adjacent to an activating group) is 1. The van der Waals surface area contributed by atoms with Crippen molar-refractivity contribution in [3.8, 4) is 0 Å². The lowest BCUT2D eigenvalue weighted by atomic mass is 10.3. The Morgan fingerprint density at radius 1 is 1.53 bits per heavy atom. The zero-order chi connectivity index (χ0) is 11.8. The van der Waals surface area contributed by atoms with Crippen LogP contribution in [-0.4, -0.2) is 67.1 Å². The summed E-state index contributed by atoms with van der Waals surface area (Å²) in [7, 11) is 2.80. The van der Waals surface area contributed by atoms with Crippen LogP contribution in [0.3, 0.4) is 0 Å². The van der Waals surface area contributed by atoms with Crippen molar-refractivity contribution in [1.82, 2.24) is 10.2 Å². The topological polar surface area (TPSA) is 99.1 Å². The molecule has 0 aromatic rings. The minimum Gasteiger partial charge on any atom is -0.480 e. The number of carboxylic acids is 1. The molecule has 0 rings (SSSR count). The summed E-state index contributed by atoms with van der Waals surface area (Å²) in [6, 6.07) is -1.64. The Kier molecular flexibility index (Phi) is 6.39. The van der Waals surface area contributed by atoms with Crippen molar-refractivity contribution in [2.45, 2.75) is 6.04 Å². The summed E-state index contributed by atoms with van der Waals surface area (Å²) in [5.41, 5.74) is 0. The van der Waals surface area contributed by atoms with Gasteiger partial charge in [0.25, 0.3) is 0 Å². The van der Waals surface area contributed by atoms with Crippen molar-refractivity contribution >= 4 is 12.0 Å². The van der Waals surface area contributed by atoms with Gasteiger partial charge in [-0.25, -0.2) is 9.59 Å². The molecular formula is C8H16N2O5. The van der Waals surface area contributed by atoms with E-state index in [0.717, 1.165) is 0 Å². The number of nitrogens with one attached hydrogen (secondary N) is 1. The highest BCUT2D eigenvalue weighted by Gasteiger charge is 2.21. The summed E-state index contributed by atoms with van der Waals surface area (Å²) in [4.78, 5) is 23.1. The third kappa shape index (κ3) is 5.18. The minimum atomic E-state index is -1.16. The molecule has 0 bridgehead atoms. The molecule has 0 aromatic heterocycles. The van der Waals surface area contributed by atoms with Gasteiger partial charge in [-0.05, 0) is 0 Å².